The highest BCUT2D eigenvalue weighted by molar-refractivity contribution is 5.97. The Hall–Kier alpha value is -3.64. The Labute approximate surface area is 213 Å². The van der Waals surface area contributed by atoms with Crippen molar-refractivity contribution in [3.8, 4) is 5.75 Å². The maximum atomic E-state index is 13.6. The summed E-state index contributed by atoms with van der Waals surface area (Å²) in [5, 5.41) is 3.09. The highest BCUT2D eigenvalue weighted by atomic mass is 16.5. The van der Waals surface area contributed by atoms with Crippen molar-refractivity contribution >= 4 is 17.5 Å². The molecule has 1 saturated heterocycles. The number of anilines is 1. The lowest BCUT2D eigenvalue weighted by atomic mass is 10.0. The number of rotatable bonds is 9. The number of carbonyl (C=O) groups is 2. The molecule has 36 heavy (non-hydrogen) atoms. The second-order valence-electron chi connectivity index (χ2n) is 9.26. The Morgan fingerprint density at radius 3 is 2.25 bits per heavy atom. The second-order valence-corrected chi connectivity index (χ2v) is 9.26. The molecule has 0 saturated carbocycles. The SMILES string of the molecule is COc1ccc(C)cc1NC(=O)C(c1ccccc1)N1CCN(C(=O)CCCc2ccccc2)CC1. The second kappa shape index (κ2) is 12.4. The average molecular weight is 486 g/mol. The van der Waals surface area contributed by atoms with Crippen LogP contribution in [0.25, 0.3) is 0 Å². The van der Waals surface area contributed by atoms with Crippen LogP contribution in [0.15, 0.2) is 78.9 Å². The summed E-state index contributed by atoms with van der Waals surface area (Å²) in [4.78, 5) is 30.5. The van der Waals surface area contributed by atoms with Crippen LogP contribution in [0.1, 0.15) is 35.6 Å². The number of aryl methyl sites for hydroxylation is 2. The molecular formula is C30H35N3O3. The van der Waals surface area contributed by atoms with Gasteiger partial charge < -0.3 is 15.0 Å². The Kier molecular flexibility index (Phi) is 8.74. The minimum atomic E-state index is -0.452. The van der Waals surface area contributed by atoms with Crippen molar-refractivity contribution in [2.75, 3.05) is 38.6 Å². The minimum Gasteiger partial charge on any atom is -0.495 e. The van der Waals surface area contributed by atoms with Crippen molar-refractivity contribution in [2.45, 2.75) is 32.2 Å². The number of hydrogen-bond donors (Lipinski definition) is 1. The zero-order chi connectivity index (χ0) is 25.3. The van der Waals surface area contributed by atoms with Gasteiger partial charge in [-0.25, -0.2) is 0 Å². The van der Waals surface area contributed by atoms with Crippen LogP contribution in [0, 0.1) is 6.92 Å². The van der Waals surface area contributed by atoms with Gasteiger partial charge in [0, 0.05) is 32.6 Å². The van der Waals surface area contributed by atoms with Crippen molar-refractivity contribution in [1.29, 1.82) is 0 Å². The molecule has 3 aromatic carbocycles. The monoisotopic (exact) mass is 485 g/mol. The highest BCUT2D eigenvalue weighted by Crippen LogP contribution is 2.29. The average Bonchev–Trinajstić information content (AvgIpc) is 2.90. The number of ether oxygens (including phenoxy) is 1. The fraction of sp³-hybridized carbons (Fsp3) is 0.333. The van der Waals surface area contributed by atoms with Crippen molar-refractivity contribution < 1.29 is 14.3 Å². The predicted molar refractivity (Wildman–Crippen MR) is 143 cm³/mol. The summed E-state index contributed by atoms with van der Waals surface area (Å²) >= 11 is 0. The van der Waals surface area contributed by atoms with Gasteiger partial charge in [0.2, 0.25) is 11.8 Å². The van der Waals surface area contributed by atoms with E-state index < -0.39 is 6.04 Å². The van der Waals surface area contributed by atoms with Gasteiger partial charge >= 0.3 is 0 Å². The summed E-state index contributed by atoms with van der Waals surface area (Å²) in [6.45, 7) is 4.51. The molecule has 1 atom stereocenters. The molecule has 0 radical (unpaired) electrons. The van der Waals surface area contributed by atoms with E-state index in [-0.39, 0.29) is 11.8 Å². The van der Waals surface area contributed by atoms with E-state index in [1.165, 1.54) is 5.56 Å². The lowest BCUT2D eigenvalue weighted by Gasteiger charge is -2.39. The van der Waals surface area contributed by atoms with Gasteiger partial charge in [-0.3, -0.25) is 14.5 Å². The minimum absolute atomic E-state index is 0.104. The molecular weight excluding hydrogens is 450 g/mol. The molecule has 0 aliphatic carbocycles. The number of methoxy groups -OCH3 is 1. The van der Waals surface area contributed by atoms with Crippen molar-refractivity contribution in [1.82, 2.24) is 9.80 Å². The molecule has 0 aromatic heterocycles. The summed E-state index contributed by atoms with van der Waals surface area (Å²) in [5.74, 6) is 0.718. The van der Waals surface area contributed by atoms with E-state index in [1.54, 1.807) is 7.11 Å². The van der Waals surface area contributed by atoms with E-state index in [1.807, 2.05) is 78.6 Å². The maximum Gasteiger partial charge on any atom is 0.246 e. The van der Waals surface area contributed by atoms with E-state index in [0.717, 1.165) is 24.0 Å². The first kappa shape index (κ1) is 25.5. The van der Waals surface area contributed by atoms with E-state index in [2.05, 4.69) is 22.3 Å². The molecule has 0 bridgehead atoms. The van der Waals surface area contributed by atoms with E-state index in [9.17, 15) is 9.59 Å². The van der Waals surface area contributed by atoms with Crippen LogP contribution >= 0.6 is 0 Å². The molecule has 4 rings (SSSR count). The molecule has 1 aliphatic rings. The van der Waals surface area contributed by atoms with Crippen LogP contribution in [-0.4, -0.2) is 54.9 Å². The summed E-state index contributed by atoms with van der Waals surface area (Å²) < 4.78 is 5.46. The molecule has 0 spiro atoms. The lowest BCUT2D eigenvalue weighted by molar-refractivity contribution is -0.134. The smallest absolute Gasteiger partial charge is 0.246 e. The number of nitrogens with one attached hydrogen (secondary N) is 1. The van der Waals surface area contributed by atoms with Gasteiger partial charge in [-0.15, -0.1) is 0 Å². The number of carbonyl (C=O) groups excluding carboxylic acids is 2. The van der Waals surface area contributed by atoms with E-state index in [4.69, 9.17) is 4.74 Å². The van der Waals surface area contributed by atoms with Crippen LogP contribution in [0.2, 0.25) is 0 Å². The molecule has 1 fully saturated rings. The van der Waals surface area contributed by atoms with Gasteiger partial charge in [0.25, 0.3) is 0 Å². The van der Waals surface area contributed by atoms with Gasteiger partial charge in [0.1, 0.15) is 11.8 Å². The molecule has 3 aromatic rings. The summed E-state index contributed by atoms with van der Waals surface area (Å²) in [6, 6.07) is 25.4. The first-order chi connectivity index (χ1) is 17.5. The third-order valence-electron chi connectivity index (χ3n) is 6.71. The van der Waals surface area contributed by atoms with Crippen molar-refractivity contribution in [2.24, 2.45) is 0 Å². The maximum absolute atomic E-state index is 13.6. The number of piperazine rings is 1. The number of benzene rings is 3. The summed E-state index contributed by atoms with van der Waals surface area (Å²) in [7, 11) is 1.60. The quantitative estimate of drug-likeness (QED) is 0.471. The molecule has 6 nitrogen and oxygen atoms in total. The number of amides is 2. The van der Waals surface area contributed by atoms with Gasteiger partial charge in [-0.2, -0.15) is 0 Å². The van der Waals surface area contributed by atoms with Crippen molar-refractivity contribution in [3.63, 3.8) is 0 Å². The highest BCUT2D eigenvalue weighted by Gasteiger charge is 2.32. The van der Waals surface area contributed by atoms with Crippen LogP contribution in [0.4, 0.5) is 5.69 Å². The van der Waals surface area contributed by atoms with Crippen molar-refractivity contribution in [3.05, 3.63) is 95.6 Å². The summed E-state index contributed by atoms with van der Waals surface area (Å²) in [5.41, 5.74) is 3.90. The largest absolute Gasteiger partial charge is 0.495 e. The predicted octanol–water partition coefficient (Wildman–Crippen LogP) is 4.85. The zero-order valence-electron chi connectivity index (χ0n) is 21.2. The Bertz CT molecular complexity index is 1140. The van der Waals surface area contributed by atoms with Crippen LogP contribution in [-0.2, 0) is 16.0 Å². The molecule has 6 heteroatoms. The first-order valence-corrected chi connectivity index (χ1v) is 12.6. The Balaban J connectivity index is 1.39. The molecule has 1 heterocycles. The summed E-state index contributed by atoms with van der Waals surface area (Å²) in [6.07, 6.45) is 2.30. The van der Waals surface area contributed by atoms with Crippen LogP contribution < -0.4 is 10.1 Å². The third kappa shape index (κ3) is 6.52. The Morgan fingerprint density at radius 1 is 0.917 bits per heavy atom. The molecule has 1 N–H and O–H groups in total. The molecule has 2 amide bonds. The molecule has 1 aliphatic heterocycles. The van der Waals surface area contributed by atoms with Gasteiger partial charge in [-0.1, -0.05) is 66.7 Å². The molecule has 188 valence electrons. The van der Waals surface area contributed by atoms with Crippen LogP contribution in [0.3, 0.4) is 0 Å². The standard InChI is InChI=1S/C30H35N3O3/c1-23-16-17-27(36-2)26(22-23)31-30(35)29(25-13-7-4-8-14-25)33-20-18-32(19-21-33)28(34)15-9-12-24-10-5-3-6-11-24/h3-8,10-11,13-14,16-17,22,29H,9,12,15,18-21H2,1-2H3,(H,31,35). The topological polar surface area (TPSA) is 61.9 Å². The van der Waals surface area contributed by atoms with Gasteiger partial charge in [0.05, 0.1) is 12.8 Å². The number of hydrogen-bond acceptors (Lipinski definition) is 4. The first-order valence-electron chi connectivity index (χ1n) is 12.6. The fourth-order valence-corrected chi connectivity index (χ4v) is 4.76. The number of nitrogens with zero attached hydrogens (tertiary/aromatic N) is 2. The van der Waals surface area contributed by atoms with Gasteiger partial charge in [-0.05, 0) is 48.6 Å². The van der Waals surface area contributed by atoms with Crippen LogP contribution in [0.5, 0.6) is 5.75 Å². The lowest BCUT2D eigenvalue weighted by Crippen LogP contribution is -2.51. The molecule has 1 unspecified atom stereocenters. The third-order valence-corrected chi connectivity index (χ3v) is 6.71. The van der Waals surface area contributed by atoms with E-state index >= 15 is 0 Å². The Morgan fingerprint density at radius 2 is 1.58 bits per heavy atom. The normalized spacial score (nSPS) is 14.8. The fourth-order valence-electron chi connectivity index (χ4n) is 4.76. The zero-order valence-corrected chi connectivity index (χ0v) is 21.2. The van der Waals surface area contributed by atoms with E-state index in [0.29, 0.717) is 44.0 Å². The van der Waals surface area contributed by atoms with Gasteiger partial charge in [0.15, 0.2) is 0 Å².